The predicted octanol–water partition coefficient (Wildman–Crippen LogP) is 6.16. The van der Waals surface area contributed by atoms with Crippen LogP contribution in [0, 0.1) is 0 Å². The van der Waals surface area contributed by atoms with E-state index in [4.69, 9.17) is 14.8 Å². The lowest BCUT2D eigenvalue weighted by molar-refractivity contribution is -0.117. The molecule has 6 nitrogen and oxygen atoms in total. The zero-order valence-corrected chi connectivity index (χ0v) is 23.6. The second-order valence-electron chi connectivity index (χ2n) is 10.9. The summed E-state index contributed by atoms with van der Waals surface area (Å²) < 4.78 is 8.90. The molecule has 1 aromatic carbocycles. The van der Waals surface area contributed by atoms with Crippen LogP contribution in [-0.2, 0) is 36.5 Å². The number of benzene rings is 1. The summed E-state index contributed by atoms with van der Waals surface area (Å²) >= 11 is 3.68. The molecule has 192 valence electrons. The minimum Gasteiger partial charge on any atom is -0.477 e. The summed E-state index contributed by atoms with van der Waals surface area (Å²) in [5, 5.41) is 8.09. The lowest BCUT2D eigenvalue weighted by Gasteiger charge is -2.23. The van der Waals surface area contributed by atoms with Crippen LogP contribution in [0.5, 0.6) is 5.88 Å². The molecule has 1 atom stereocenters. The normalized spacial score (nSPS) is 14.2. The molecular formula is C29H37BrN4O2. The van der Waals surface area contributed by atoms with Crippen LogP contribution in [0.25, 0.3) is 0 Å². The number of nitrogens with one attached hydrogen (secondary N) is 1. The molecule has 0 aliphatic carbocycles. The molecule has 0 saturated carbocycles. The molecule has 2 aromatic heterocycles. The molecule has 3 aromatic rings. The summed E-state index contributed by atoms with van der Waals surface area (Å²) in [7, 11) is 1.90. The Morgan fingerprint density at radius 3 is 2.75 bits per heavy atom. The smallest absolute Gasteiger partial charge is 0.211 e. The minimum atomic E-state index is 0.0221. The van der Waals surface area contributed by atoms with Crippen molar-refractivity contribution < 1.29 is 9.53 Å². The van der Waals surface area contributed by atoms with Crippen LogP contribution in [0.1, 0.15) is 74.5 Å². The molecule has 0 spiro atoms. The van der Waals surface area contributed by atoms with E-state index >= 15 is 0 Å². The number of hydrogen-bond donors (Lipinski definition) is 1. The minimum absolute atomic E-state index is 0.0221. The molecule has 0 saturated heterocycles. The van der Waals surface area contributed by atoms with Crippen molar-refractivity contribution in [1.29, 1.82) is 0 Å². The highest BCUT2D eigenvalue weighted by Gasteiger charge is 2.22. The van der Waals surface area contributed by atoms with Gasteiger partial charge in [-0.25, -0.2) is 9.67 Å². The van der Waals surface area contributed by atoms with Crippen molar-refractivity contribution >= 4 is 27.5 Å². The number of ether oxygens (including phenoxy) is 1. The number of carbonyl (C=O) groups is 1. The number of hydrogen-bond acceptors (Lipinski definition) is 5. The van der Waals surface area contributed by atoms with Gasteiger partial charge in [-0.3, -0.25) is 0 Å². The highest BCUT2D eigenvalue weighted by atomic mass is 79.9. The molecule has 1 aliphatic heterocycles. The standard InChI is InChI=1S/C29H37BrN4O2/c1-19(35)13-21(22-14-23(29(2,3)4)17-24(30)15-22)16-26-18-27(34(5)33-26)36-12-10-25-9-8-20-7-6-11-31-28(20)32-25/h8-9,14-15,17-18,21H,6-7,10-13,16H2,1-5H3,(H,31,32)/t21-/m1/s1. The van der Waals surface area contributed by atoms with E-state index in [0.717, 1.165) is 58.9 Å². The predicted molar refractivity (Wildman–Crippen MR) is 148 cm³/mol. The van der Waals surface area contributed by atoms with E-state index in [2.05, 4.69) is 72.3 Å². The van der Waals surface area contributed by atoms with Crippen LogP contribution in [0.3, 0.4) is 0 Å². The van der Waals surface area contributed by atoms with Crippen LogP contribution in [0.2, 0.25) is 0 Å². The average Bonchev–Trinajstić information content (AvgIpc) is 3.16. The molecule has 36 heavy (non-hydrogen) atoms. The Morgan fingerprint density at radius 1 is 1.19 bits per heavy atom. The zero-order valence-electron chi connectivity index (χ0n) is 22.0. The molecule has 0 radical (unpaired) electrons. The number of aromatic nitrogens is 3. The van der Waals surface area contributed by atoms with Gasteiger partial charge < -0.3 is 14.8 Å². The maximum absolute atomic E-state index is 12.1. The fourth-order valence-corrected chi connectivity index (χ4v) is 5.21. The number of aryl methyl sites for hydroxylation is 2. The molecule has 3 heterocycles. The van der Waals surface area contributed by atoms with E-state index < -0.39 is 0 Å². The van der Waals surface area contributed by atoms with Crippen molar-refractivity contribution in [3.63, 3.8) is 0 Å². The second kappa shape index (κ2) is 11.2. The summed E-state index contributed by atoms with van der Waals surface area (Å²) in [5.74, 6) is 1.97. The van der Waals surface area contributed by atoms with Gasteiger partial charge in [0.2, 0.25) is 5.88 Å². The first-order chi connectivity index (χ1) is 17.1. The topological polar surface area (TPSA) is 69.0 Å². The van der Waals surface area contributed by atoms with Crippen molar-refractivity contribution in [1.82, 2.24) is 14.8 Å². The highest BCUT2D eigenvalue weighted by molar-refractivity contribution is 9.10. The van der Waals surface area contributed by atoms with E-state index in [0.29, 0.717) is 19.4 Å². The SMILES string of the molecule is CC(=O)C[C@H](Cc1cc(OCCc2ccc3c(n2)NCCC3)n(C)n1)c1cc(Br)cc(C(C)(C)C)c1. The number of Topliss-reactive ketones (excluding diaryl/α,β-unsaturated/α-hetero) is 1. The first-order valence-corrected chi connectivity index (χ1v) is 13.6. The van der Waals surface area contributed by atoms with Crippen molar-refractivity contribution in [3.05, 3.63) is 68.9 Å². The molecule has 1 N–H and O–H groups in total. The van der Waals surface area contributed by atoms with Gasteiger partial charge in [0.05, 0.1) is 12.3 Å². The van der Waals surface area contributed by atoms with Crippen LogP contribution in [-0.4, -0.2) is 33.7 Å². The summed E-state index contributed by atoms with van der Waals surface area (Å²) in [5.41, 5.74) is 5.67. The van der Waals surface area contributed by atoms with Gasteiger partial charge in [-0.2, -0.15) is 5.10 Å². The van der Waals surface area contributed by atoms with Gasteiger partial charge in [-0.15, -0.1) is 0 Å². The number of carbonyl (C=O) groups excluding carboxylic acids is 1. The Hall–Kier alpha value is -2.67. The quantitative estimate of drug-likeness (QED) is 0.344. The molecule has 0 amide bonds. The van der Waals surface area contributed by atoms with Gasteiger partial charge in [0.1, 0.15) is 11.6 Å². The molecule has 0 fully saturated rings. The Morgan fingerprint density at radius 2 is 2.00 bits per heavy atom. The third-order valence-electron chi connectivity index (χ3n) is 6.69. The molecule has 0 bridgehead atoms. The van der Waals surface area contributed by atoms with Crippen LogP contribution in [0.4, 0.5) is 5.82 Å². The first kappa shape index (κ1) is 26.4. The van der Waals surface area contributed by atoms with Gasteiger partial charge in [-0.1, -0.05) is 48.8 Å². The molecule has 4 rings (SSSR count). The number of rotatable bonds is 9. The summed E-state index contributed by atoms with van der Waals surface area (Å²) in [6.07, 6.45) is 4.13. The summed E-state index contributed by atoms with van der Waals surface area (Å²) in [6, 6.07) is 12.8. The van der Waals surface area contributed by atoms with E-state index in [1.165, 1.54) is 11.1 Å². The number of fused-ring (bicyclic) bond motifs is 1. The van der Waals surface area contributed by atoms with Crippen molar-refractivity contribution in [2.45, 2.75) is 71.1 Å². The fourth-order valence-electron chi connectivity index (χ4n) is 4.70. The van der Waals surface area contributed by atoms with E-state index in [1.807, 2.05) is 13.1 Å². The van der Waals surface area contributed by atoms with Crippen molar-refractivity contribution in [2.75, 3.05) is 18.5 Å². The Labute approximate surface area is 223 Å². The van der Waals surface area contributed by atoms with E-state index in [1.54, 1.807) is 11.6 Å². The lowest BCUT2D eigenvalue weighted by atomic mass is 9.82. The molecule has 1 aliphatic rings. The molecule has 0 unspecified atom stereocenters. The Bertz CT molecular complexity index is 1230. The molecule has 7 heteroatoms. The van der Waals surface area contributed by atoms with Crippen LogP contribution < -0.4 is 10.1 Å². The van der Waals surface area contributed by atoms with Crippen LogP contribution >= 0.6 is 15.9 Å². The second-order valence-corrected chi connectivity index (χ2v) is 11.8. The summed E-state index contributed by atoms with van der Waals surface area (Å²) in [4.78, 5) is 16.9. The molecular weight excluding hydrogens is 516 g/mol. The third kappa shape index (κ3) is 6.75. The Kier molecular flexibility index (Phi) is 8.18. The van der Waals surface area contributed by atoms with Gasteiger partial charge in [-0.05, 0) is 72.4 Å². The van der Waals surface area contributed by atoms with Crippen molar-refractivity contribution in [2.24, 2.45) is 7.05 Å². The highest BCUT2D eigenvalue weighted by Crippen LogP contribution is 2.33. The number of pyridine rings is 1. The largest absolute Gasteiger partial charge is 0.477 e. The van der Waals surface area contributed by atoms with Crippen molar-refractivity contribution in [3.8, 4) is 5.88 Å². The maximum Gasteiger partial charge on any atom is 0.211 e. The summed E-state index contributed by atoms with van der Waals surface area (Å²) in [6.45, 7) is 9.79. The van der Waals surface area contributed by atoms with Gasteiger partial charge in [0, 0.05) is 42.7 Å². The maximum atomic E-state index is 12.1. The third-order valence-corrected chi connectivity index (χ3v) is 7.15. The van der Waals surface area contributed by atoms with E-state index in [9.17, 15) is 4.79 Å². The van der Waals surface area contributed by atoms with Gasteiger partial charge in [0.25, 0.3) is 0 Å². The first-order valence-electron chi connectivity index (χ1n) is 12.8. The van der Waals surface area contributed by atoms with Gasteiger partial charge >= 0.3 is 0 Å². The number of anilines is 1. The van der Waals surface area contributed by atoms with Crippen LogP contribution in [0.15, 0.2) is 40.9 Å². The number of ketones is 1. The van der Waals surface area contributed by atoms with E-state index in [-0.39, 0.29) is 17.1 Å². The fraction of sp³-hybridized carbons (Fsp3) is 0.483. The average molecular weight is 554 g/mol. The monoisotopic (exact) mass is 552 g/mol. The number of halogens is 1. The Balaban J connectivity index is 1.44. The zero-order chi connectivity index (χ0) is 25.9. The lowest BCUT2D eigenvalue weighted by Crippen LogP contribution is -2.14. The number of nitrogens with zero attached hydrogens (tertiary/aromatic N) is 3. The van der Waals surface area contributed by atoms with Gasteiger partial charge in [0.15, 0.2) is 0 Å².